The van der Waals surface area contributed by atoms with Crippen LogP contribution in [0.1, 0.15) is 16.7 Å². The van der Waals surface area contributed by atoms with Gasteiger partial charge in [-0.3, -0.25) is 4.79 Å². The second kappa shape index (κ2) is 6.23. The Morgan fingerprint density at radius 1 is 1.21 bits per heavy atom. The number of amides is 1. The van der Waals surface area contributed by atoms with Crippen LogP contribution in [-0.2, 0) is 21.2 Å². The maximum absolute atomic E-state index is 12.5. The summed E-state index contributed by atoms with van der Waals surface area (Å²) in [4.78, 5) is 13.7. The number of hydrogen-bond donors (Lipinski definition) is 2. The minimum absolute atomic E-state index is 0.0262. The van der Waals surface area contributed by atoms with Crippen LogP contribution in [0.25, 0.3) is 0 Å². The quantitative estimate of drug-likeness (QED) is 0.878. The number of anilines is 1. The standard InChI is InChI=1S/C17H18N2O3S2/c1-10-3-5-12-8-15(23-14(12)7-10)17(20)19-13-6-4-11(2)16(9-13)24(18,21)22/h3-7,9,15H,8H2,1-2H3,(H,19,20)(H2,18,21,22)/t15-/m1/s1. The summed E-state index contributed by atoms with van der Waals surface area (Å²) in [5, 5.41) is 7.78. The number of primary sulfonamides is 1. The molecule has 1 heterocycles. The number of nitrogens with one attached hydrogen (secondary N) is 1. The summed E-state index contributed by atoms with van der Waals surface area (Å²) in [6, 6.07) is 10.9. The van der Waals surface area contributed by atoms with Crippen molar-refractivity contribution in [1.29, 1.82) is 0 Å². The van der Waals surface area contributed by atoms with Gasteiger partial charge in [0.05, 0.1) is 10.1 Å². The van der Waals surface area contributed by atoms with Gasteiger partial charge in [-0.15, -0.1) is 11.8 Å². The van der Waals surface area contributed by atoms with Crippen LogP contribution in [0.2, 0.25) is 0 Å². The summed E-state index contributed by atoms with van der Waals surface area (Å²) in [6.07, 6.45) is 0.667. The van der Waals surface area contributed by atoms with Crippen LogP contribution in [-0.4, -0.2) is 19.6 Å². The molecule has 1 amide bonds. The maximum atomic E-state index is 12.5. The zero-order valence-electron chi connectivity index (χ0n) is 13.4. The van der Waals surface area contributed by atoms with Crippen molar-refractivity contribution in [3.8, 4) is 0 Å². The molecular weight excluding hydrogens is 344 g/mol. The minimum Gasteiger partial charge on any atom is -0.325 e. The lowest BCUT2D eigenvalue weighted by molar-refractivity contribution is -0.115. The van der Waals surface area contributed by atoms with Gasteiger partial charge in [0.15, 0.2) is 0 Å². The van der Waals surface area contributed by atoms with Gasteiger partial charge in [0.25, 0.3) is 0 Å². The molecule has 5 nitrogen and oxygen atoms in total. The summed E-state index contributed by atoms with van der Waals surface area (Å²) < 4.78 is 23.2. The molecule has 0 bridgehead atoms. The molecular formula is C17H18N2O3S2. The molecule has 1 aliphatic rings. The van der Waals surface area contributed by atoms with Crippen LogP contribution < -0.4 is 10.5 Å². The highest BCUT2D eigenvalue weighted by Gasteiger charge is 2.28. The normalized spacial score (nSPS) is 16.7. The molecule has 1 aliphatic heterocycles. The fraction of sp³-hybridized carbons (Fsp3) is 0.235. The fourth-order valence-corrected chi connectivity index (χ4v) is 4.79. The lowest BCUT2D eigenvalue weighted by Gasteiger charge is -2.12. The Kier molecular flexibility index (Phi) is 4.42. The van der Waals surface area contributed by atoms with E-state index >= 15 is 0 Å². The zero-order chi connectivity index (χ0) is 17.5. The molecule has 0 radical (unpaired) electrons. The molecule has 2 aromatic carbocycles. The summed E-state index contributed by atoms with van der Waals surface area (Å²) in [5.74, 6) is -0.141. The largest absolute Gasteiger partial charge is 0.325 e. The van der Waals surface area contributed by atoms with Crippen LogP contribution in [0.4, 0.5) is 5.69 Å². The van der Waals surface area contributed by atoms with Crippen LogP contribution in [0, 0.1) is 13.8 Å². The summed E-state index contributed by atoms with van der Waals surface area (Å²) >= 11 is 1.54. The van der Waals surface area contributed by atoms with Crippen molar-refractivity contribution in [1.82, 2.24) is 0 Å². The lowest BCUT2D eigenvalue weighted by atomic mass is 10.1. The molecule has 2 aromatic rings. The number of carbonyl (C=O) groups is 1. The SMILES string of the molecule is Cc1ccc2c(c1)S[C@@H](C(=O)Nc1ccc(C)c(S(N)(=O)=O)c1)C2. The second-order valence-corrected chi connectivity index (χ2v) is 8.71. The van der Waals surface area contributed by atoms with Gasteiger partial charge in [-0.2, -0.15) is 0 Å². The Morgan fingerprint density at radius 2 is 1.96 bits per heavy atom. The van der Waals surface area contributed by atoms with Gasteiger partial charge in [0.1, 0.15) is 0 Å². The number of benzene rings is 2. The van der Waals surface area contributed by atoms with Crippen molar-refractivity contribution in [3.05, 3.63) is 53.1 Å². The smallest absolute Gasteiger partial charge is 0.238 e. The van der Waals surface area contributed by atoms with E-state index in [4.69, 9.17) is 5.14 Å². The second-order valence-electron chi connectivity index (χ2n) is 5.94. The van der Waals surface area contributed by atoms with Crippen molar-refractivity contribution in [2.75, 3.05) is 5.32 Å². The van der Waals surface area contributed by atoms with Crippen LogP contribution in [0.15, 0.2) is 46.2 Å². The first-order valence-electron chi connectivity index (χ1n) is 7.44. The van der Waals surface area contributed by atoms with E-state index in [2.05, 4.69) is 17.4 Å². The number of rotatable bonds is 3. The minimum atomic E-state index is -3.82. The molecule has 0 unspecified atom stereocenters. The molecule has 0 spiro atoms. The average molecular weight is 362 g/mol. The van der Waals surface area contributed by atoms with E-state index in [1.807, 2.05) is 13.0 Å². The Morgan fingerprint density at radius 3 is 2.67 bits per heavy atom. The number of carbonyl (C=O) groups excluding carboxylic acids is 1. The number of thioether (sulfide) groups is 1. The van der Waals surface area contributed by atoms with Gasteiger partial charge in [0, 0.05) is 10.6 Å². The third-order valence-corrected chi connectivity index (χ3v) is 6.30. The molecule has 3 N–H and O–H groups in total. The topological polar surface area (TPSA) is 89.3 Å². The summed E-state index contributed by atoms with van der Waals surface area (Å²) in [6.45, 7) is 3.69. The van der Waals surface area contributed by atoms with Gasteiger partial charge < -0.3 is 5.32 Å². The van der Waals surface area contributed by atoms with Gasteiger partial charge in [0.2, 0.25) is 15.9 Å². The van der Waals surface area contributed by atoms with E-state index in [0.29, 0.717) is 17.7 Å². The highest BCUT2D eigenvalue weighted by Crippen LogP contribution is 2.38. The molecule has 1 atom stereocenters. The lowest BCUT2D eigenvalue weighted by Crippen LogP contribution is -2.25. The van der Waals surface area contributed by atoms with Gasteiger partial charge in [-0.1, -0.05) is 23.8 Å². The van der Waals surface area contributed by atoms with Gasteiger partial charge in [-0.05, 0) is 49.6 Å². The molecule has 0 saturated carbocycles. The molecule has 3 rings (SSSR count). The van der Waals surface area contributed by atoms with E-state index in [1.54, 1.807) is 19.1 Å². The number of aryl methyl sites for hydroxylation is 2. The summed E-state index contributed by atoms with van der Waals surface area (Å²) in [5.41, 5.74) is 3.31. The molecule has 0 saturated heterocycles. The van der Waals surface area contributed by atoms with E-state index in [9.17, 15) is 13.2 Å². The van der Waals surface area contributed by atoms with Gasteiger partial charge >= 0.3 is 0 Å². The first-order valence-corrected chi connectivity index (χ1v) is 9.87. The molecule has 0 aromatic heterocycles. The average Bonchev–Trinajstić information content (AvgIpc) is 2.91. The molecule has 0 aliphatic carbocycles. The monoisotopic (exact) mass is 362 g/mol. The predicted octanol–water partition coefficient (Wildman–Crippen LogP) is 2.61. The van der Waals surface area contributed by atoms with Crippen molar-refractivity contribution in [3.63, 3.8) is 0 Å². The van der Waals surface area contributed by atoms with Crippen molar-refractivity contribution in [2.24, 2.45) is 5.14 Å². The first-order chi connectivity index (χ1) is 11.2. The number of sulfonamides is 1. The molecule has 126 valence electrons. The molecule has 7 heteroatoms. The Hall–Kier alpha value is -1.83. The molecule has 0 fully saturated rings. The van der Waals surface area contributed by atoms with Crippen LogP contribution in [0.3, 0.4) is 0 Å². The third-order valence-electron chi connectivity index (χ3n) is 3.95. The van der Waals surface area contributed by atoms with Crippen molar-refractivity contribution < 1.29 is 13.2 Å². The zero-order valence-corrected chi connectivity index (χ0v) is 15.0. The summed E-state index contributed by atoms with van der Waals surface area (Å²) in [7, 11) is -3.82. The van der Waals surface area contributed by atoms with Gasteiger partial charge in [-0.25, -0.2) is 13.6 Å². The Balaban J connectivity index is 1.77. The Labute approximate surface area is 145 Å². The highest BCUT2D eigenvalue weighted by molar-refractivity contribution is 8.01. The van der Waals surface area contributed by atoms with Crippen molar-refractivity contribution >= 4 is 33.4 Å². The van der Waals surface area contributed by atoms with E-state index < -0.39 is 10.0 Å². The third kappa shape index (κ3) is 3.48. The Bertz CT molecular complexity index is 923. The van der Waals surface area contributed by atoms with Crippen LogP contribution >= 0.6 is 11.8 Å². The van der Waals surface area contributed by atoms with E-state index in [-0.39, 0.29) is 16.1 Å². The number of hydrogen-bond acceptors (Lipinski definition) is 4. The molecule has 24 heavy (non-hydrogen) atoms. The fourth-order valence-electron chi connectivity index (χ4n) is 2.69. The van der Waals surface area contributed by atoms with E-state index in [1.165, 1.54) is 29.0 Å². The van der Waals surface area contributed by atoms with E-state index in [0.717, 1.165) is 4.90 Å². The maximum Gasteiger partial charge on any atom is 0.238 e. The first kappa shape index (κ1) is 17.0. The predicted molar refractivity (Wildman–Crippen MR) is 95.7 cm³/mol. The highest BCUT2D eigenvalue weighted by atomic mass is 32.2. The van der Waals surface area contributed by atoms with Crippen LogP contribution in [0.5, 0.6) is 0 Å². The van der Waals surface area contributed by atoms with Crippen molar-refractivity contribution in [2.45, 2.75) is 35.3 Å². The number of fused-ring (bicyclic) bond motifs is 1. The number of nitrogens with two attached hydrogens (primary N) is 1.